The molecule has 3 heteroatoms. The summed E-state index contributed by atoms with van der Waals surface area (Å²) in [6.07, 6.45) is 8.61. The van der Waals surface area contributed by atoms with Crippen LogP contribution in [0.25, 0.3) is 0 Å². The number of carbonyl (C=O) groups excluding carboxylic acids is 3. The van der Waals surface area contributed by atoms with E-state index in [4.69, 9.17) is 0 Å². The van der Waals surface area contributed by atoms with Crippen LogP contribution < -0.4 is 0 Å². The summed E-state index contributed by atoms with van der Waals surface area (Å²) in [7, 11) is 0. The molecule has 2 atom stereocenters. The first-order chi connectivity index (χ1) is 10.3. The monoisotopic (exact) mass is 309 g/mol. The van der Waals surface area contributed by atoms with Gasteiger partial charge < -0.3 is 0 Å². The molecule has 127 valence electrons. The lowest BCUT2D eigenvalue weighted by atomic mass is 9.74. The van der Waals surface area contributed by atoms with E-state index in [1.807, 2.05) is 34.0 Å². The minimum absolute atomic E-state index is 0.0521. The van der Waals surface area contributed by atoms with Gasteiger partial charge in [-0.15, -0.1) is 0 Å². The number of hydrogen-bond acceptors (Lipinski definition) is 3. The fourth-order valence-corrected chi connectivity index (χ4v) is 2.65. The highest BCUT2D eigenvalue weighted by atomic mass is 16.1. The molecule has 0 aromatic rings. The third kappa shape index (κ3) is 7.86. The smallest absolute Gasteiger partial charge is 0.210 e. The van der Waals surface area contributed by atoms with Crippen LogP contribution in [-0.2, 0) is 14.4 Å². The lowest BCUT2D eigenvalue weighted by Gasteiger charge is -2.27. The van der Waals surface area contributed by atoms with Crippen molar-refractivity contribution < 1.29 is 14.4 Å². The maximum Gasteiger partial charge on any atom is 0.210 e. The number of carbonyl (C=O) groups is 2. The van der Waals surface area contributed by atoms with Gasteiger partial charge in [0, 0.05) is 18.8 Å². The highest BCUT2D eigenvalue weighted by Crippen LogP contribution is 2.29. The quantitative estimate of drug-likeness (QED) is 0.389. The minimum atomic E-state index is -0.697. The van der Waals surface area contributed by atoms with Crippen LogP contribution in [0.3, 0.4) is 0 Å². The molecule has 0 aliphatic carbocycles. The van der Waals surface area contributed by atoms with Crippen molar-refractivity contribution in [2.75, 3.05) is 0 Å². The number of hydrogen-bond donors (Lipinski definition) is 0. The first-order valence-electron chi connectivity index (χ1n) is 8.70. The largest absolute Gasteiger partial charge is 0.300 e. The number of Topliss-reactive ketones (excluding diaryl/α,β-unsaturated/α-hetero) is 2. The fraction of sp³-hybridized carbons (Fsp3) is 0.842. The van der Waals surface area contributed by atoms with E-state index in [1.165, 1.54) is 6.42 Å². The highest BCUT2D eigenvalue weighted by Gasteiger charge is 2.35. The zero-order valence-electron chi connectivity index (χ0n) is 15.0. The van der Waals surface area contributed by atoms with E-state index < -0.39 is 11.3 Å². The first kappa shape index (κ1) is 21.0. The van der Waals surface area contributed by atoms with Crippen molar-refractivity contribution in [1.29, 1.82) is 0 Å². The molecule has 22 heavy (non-hydrogen) atoms. The van der Waals surface area contributed by atoms with Crippen LogP contribution in [0.2, 0.25) is 0 Å². The van der Waals surface area contributed by atoms with Gasteiger partial charge in [-0.25, -0.2) is 0 Å². The summed E-state index contributed by atoms with van der Waals surface area (Å²) in [5.41, 5.74) is -0.406. The number of rotatable bonds is 12. The van der Waals surface area contributed by atoms with Gasteiger partial charge in [0.1, 0.15) is 11.6 Å². The van der Waals surface area contributed by atoms with Crippen LogP contribution in [0.4, 0.5) is 0 Å². The van der Waals surface area contributed by atoms with Gasteiger partial charge in [0.15, 0.2) is 0 Å². The first-order valence-corrected chi connectivity index (χ1v) is 8.70. The normalized spacial score (nSPS) is 14.4. The molecular weight excluding hydrogens is 276 g/mol. The molecule has 0 bridgehead atoms. The topological polar surface area (TPSA) is 51.2 Å². The van der Waals surface area contributed by atoms with Gasteiger partial charge in [-0.1, -0.05) is 53.9 Å². The van der Waals surface area contributed by atoms with Crippen LogP contribution in [0.5, 0.6) is 0 Å². The molecular formula is C19H33O3. The van der Waals surface area contributed by atoms with E-state index in [0.29, 0.717) is 25.7 Å². The molecule has 0 aliphatic heterocycles. The van der Waals surface area contributed by atoms with Crippen molar-refractivity contribution in [3.05, 3.63) is 0 Å². The molecule has 3 nitrogen and oxygen atoms in total. The maximum atomic E-state index is 12.5. The van der Waals surface area contributed by atoms with Crippen molar-refractivity contribution in [3.8, 4) is 0 Å². The molecule has 2 unspecified atom stereocenters. The van der Waals surface area contributed by atoms with Gasteiger partial charge in [0.25, 0.3) is 0 Å². The SMILES string of the molecule is CCCCCCC(=O)CCC(CC)C(=O)C([C]=O)C(C)(C)C. The zero-order chi connectivity index (χ0) is 17.2. The minimum Gasteiger partial charge on any atom is -0.300 e. The Morgan fingerprint density at radius 3 is 2.09 bits per heavy atom. The van der Waals surface area contributed by atoms with Crippen molar-refractivity contribution in [2.24, 2.45) is 17.3 Å². The van der Waals surface area contributed by atoms with E-state index in [-0.39, 0.29) is 17.5 Å². The number of ketones is 2. The molecule has 0 aliphatic rings. The Hall–Kier alpha value is -0.990. The molecule has 0 heterocycles. The van der Waals surface area contributed by atoms with Gasteiger partial charge in [-0.3, -0.25) is 14.4 Å². The summed E-state index contributed by atoms with van der Waals surface area (Å²) in [5.74, 6) is -0.712. The third-order valence-corrected chi connectivity index (χ3v) is 4.24. The maximum absolute atomic E-state index is 12.5. The zero-order valence-corrected chi connectivity index (χ0v) is 15.0. The molecule has 0 rings (SSSR count). The van der Waals surface area contributed by atoms with E-state index in [1.54, 1.807) is 0 Å². The standard InChI is InChI=1S/C19H33O3/c1-6-8-9-10-11-16(21)13-12-15(7-2)18(22)17(14-20)19(3,4)5/h15,17H,6-13H2,1-5H3. The fourth-order valence-electron chi connectivity index (χ4n) is 2.65. The van der Waals surface area contributed by atoms with Crippen molar-refractivity contribution in [1.82, 2.24) is 0 Å². The Kier molecular flexibility index (Phi) is 10.2. The molecule has 0 spiro atoms. The van der Waals surface area contributed by atoms with Crippen LogP contribution in [0, 0.1) is 17.3 Å². The summed E-state index contributed by atoms with van der Waals surface area (Å²) in [5, 5.41) is 0. The Morgan fingerprint density at radius 1 is 1.00 bits per heavy atom. The second kappa shape index (κ2) is 10.7. The lowest BCUT2D eigenvalue weighted by Crippen LogP contribution is -2.34. The van der Waals surface area contributed by atoms with Gasteiger partial charge in [0.05, 0.1) is 5.92 Å². The molecule has 0 fully saturated rings. The van der Waals surface area contributed by atoms with Crippen LogP contribution in [-0.4, -0.2) is 17.9 Å². The molecule has 1 radical (unpaired) electrons. The summed E-state index contributed by atoms with van der Waals surface area (Å²) in [6.45, 7) is 9.73. The van der Waals surface area contributed by atoms with E-state index in [9.17, 15) is 14.4 Å². The predicted octanol–water partition coefficient (Wildman–Crippen LogP) is 4.67. The molecule has 0 aromatic carbocycles. The van der Waals surface area contributed by atoms with Crippen molar-refractivity contribution in [2.45, 2.75) is 86.0 Å². The van der Waals surface area contributed by atoms with Gasteiger partial charge >= 0.3 is 0 Å². The van der Waals surface area contributed by atoms with Gasteiger partial charge in [-0.2, -0.15) is 0 Å². The van der Waals surface area contributed by atoms with Crippen LogP contribution in [0.15, 0.2) is 0 Å². The summed E-state index contributed by atoms with van der Waals surface area (Å²) in [4.78, 5) is 35.5. The molecule has 0 amide bonds. The molecule has 0 saturated carbocycles. The molecule has 0 N–H and O–H groups in total. The van der Waals surface area contributed by atoms with E-state index >= 15 is 0 Å². The van der Waals surface area contributed by atoms with E-state index in [0.717, 1.165) is 19.3 Å². The second-order valence-corrected chi connectivity index (χ2v) is 7.31. The Morgan fingerprint density at radius 2 is 1.64 bits per heavy atom. The highest BCUT2D eigenvalue weighted by molar-refractivity contribution is 5.96. The predicted molar refractivity (Wildman–Crippen MR) is 90.4 cm³/mol. The third-order valence-electron chi connectivity index (χ3n) is 4.24. The molecule has 0 saturated heterocycles. The average molecular weight is 309 g/mol. The second-order valence-electron chi connectivity index (χ2n) is 7.31. The Balaban J connectivity index is 4.39. The van der Waals surface area contributed by atoms with Crippen LogP contribution in [0.1, 0.15) is 86.0 Å². The molecule has 0 aromatic heterocycles. The van der Waals surface area contributed by atoms with Crippen molar-refractivity contribution >= 4 is 17.9 Å². The Bertz CT molecular complexity index is 352. The van der Waals surface area contributed by atoms with E-state index in [2.05, 4.69) is 6.92 Å². The Labute approximate surface area is 136 Å². The average Bonchev–Trinajstić information content (AvgIpc) is 2.43. The lowest BCUT2D eigenvalue weighted by molar-refractivity contribution is -0.128. The van der Waals surface area contributed by atoms with Crippen LogP contribution >= 0.6 is 0 Å². The summed E-state index contributed by atoms with van der Waals surface area (Å²) >= 11 is 0. The number of unbranched alkanes of at least 4 members (excludes halogenated alkanes) is 3. The summed E-state index contributed by atoms with van der Waals surface area (Å²) in [6, 6.07) is 0. The van der Waals surface area contributed by atoms with Crippen molar-refractivity contribution in [3.63, 3.8) is 0 Å². The van der Waals surface area contributed by atoms with Gasteiger partial charge in [0.2, 0.25) is 6.29 Å². The summed E-state index contributed by atoms with van der Waals surface area (Å²) < 4.78 is 0. The van der Waals surface area contributed by atoms with Gasteiger partial charge in [-0.05, 0) is 24.7 Å².